The van der Waals surface area contributed by atoms with Gasteiger partial charge in [0.15, 0.2) is 5.69 Å². The summed E-state index contributed by atoms with van der Waals surface area (Å²) in [7, 11) is 1.49. The average Bonchev–Trinajstić information content (AvgIpc) is 3.24. The second-order valence-corrected chi connectivity index (χ2v) is 6.83. The lowest BCUT2D eigenvalue weighted by atomic mass is 10.1. The number of fused-ring (bicyclic) bond motifs is 1. The van der Waals surface area contributed by atoms with E-state index in [0.717, 1.165) is 0 Å². The van der Waals surface area contributed by atoms with Crippen LogP contribution in [0.1, 0.15) is 29.0 Å². The Morgan fingerprint density at radius 2 is 2.14 bits per heavy atom. The normalized spacial score (nSPS) is 19.6. The smallest absolute Gasteiger partial charge is 0.284 e. The zero-order valence-electron chi connectivity index (χ0n) is 15.4. The van der Waals surface area contributed by atoms with Crippen molar-refractivity contribution in [1.29, 1.82) is 0 Å². The van der Waals surface area contributed by atoms with Gasteiger partial charge in [0.2, 0.25) is 5.95 Å². The van der Waals surface area contributed by atoms with E-state index >= 15 is 0 Å². The third kappa shape index (κ3) is 4.01. The van der Waals surface area contributed by atoms with Crippen molar-refractivity contribution in [2.24, 2.45) is 7.05 Å². The molecule has 0 radical (unpaired) electrons. The molecule has 4 rings (SSSR count). The SMILES string of the molecule is Cn1cc(NC(=O)c2ccc3cnc(N[C@@H]4CNCC(F)C4)nn23)c(C(F)F)n1. The van der Waals surface area contributed by atoms with Crippen molar-refractivity contribution in [3.63, 3.8) is 0 Å². The van der Waals surface area contributed by atoms with Crippen molar-refractivity contribution < 1.29 is 18.0 Å². The Morgan fingerprint density at radius 3 is 2.90 bits per heavy atom. The predicted molar refractivity (Wildman–Crippen MR) is 98.9 cm³/mol. The highest BCUT2D eigenvalue weighted by molar-refractivity contribution is 6.04. The maximum atomic E-state index is 13.5. The summed E-state index contributed by atoms with van der Waals surface area (Å²) in [5.41, 5.74) is 0.104. The van der Waals surface area contributed by atoms with E-state index in [1.807, 2.05) is 0 Å². The number of amides is 1. The summed E-state index contributed by atoms with van der Waals surface area (Å²) in [6.07, 6.45) is -0.631. The highest BCUT2D eigenvalue weighted by Gasteiger charge is 2.23. The quantitative estimate of drug-likeness (QED) is 0.595. The Balaban J connectivity index is 1.56. The molecule has 1 fully saturated rings. The van der Waals surface area contributed by atoms with Crippen LogP contribution >= 0.6 is 0 Å². The van der Waals surface area contributed by atoms with Crippen LogP contribution in [0.15, 0.2) is 24.5 Å². The molecule has 3 aromatic heterocycles. The predicted octanol–water partition coefficient (Wildman–Crippen LogP) is 1.76. The molecular formula is C17H19F3N8O. The van der Waals surface area contributed by atoms with Gasteiger partial charge in [0.25, 0.3) is 12.3 Å². The zero-order chi connectivity index (χ0) is 20.5. The Labute approximate surface area is 163 Å². The van der Waals surface area contributed by atoms with Crippen LogP contribution in [0.2, 0.25) is 0 Å². The number of halogens is 3. The molecule has 0 saturated carbocycles. The van der Waals surface area contributed by atoms with E-state index < -0.39 is 24.2 Å². The fourth-order valence-corrected chi connectivity index (χ4v) is 3.27. The third-order valence-corrected chi connectivity index (χ3v) is 4.57. The topological polar surface area (TPSA) is 101 Å². The van der Waals surface area contributed by atoms with Gasteiger partial charge in [-0.2, -0.15) is 5.10 Å². The standard InChI is InChI=1S/C17H19F3N8O/c1-27-8-12(14(25-27)15(19)20)24-16(29)13-3-2-11-7-22-17(26-28(11)13)23-10-4-9(18)5-21-6-10/h2-3,7-10,15,21H,4-6H2,1H3,(H,23,26)(H,24,29)/t9?,10-/m0/s1. The number of nitrogens with one attached hydrogen (secondary N) is 3. The number of carbonyl (C=O) groups is 1. The van der Waals surface area contributed by atoms with E-state index in [9.17, 15) is 18.0 Å². The minimum atomic E-state index is -2.82. The van der Waals surface area contributed by atoms with E-state index in [2.05, 4.69) is 31.1 Å². The lowest BCUT2D eigenvalue weighted by Gasteiger charge is -2.26. The third-order valence-electron chi connectivity index (χ3n) is 4.57. The van der Waals surface area contributed by atoms with Crippen molar-refractivity contribution in [1.82, 2.24) is 29.7 Å². The maximum Gasteiger partial charge on any atom is 0.284 e. The molecule has 1 unspecified atom stereocenters. The van der Waals surface area contributed by atoms with Crippen molar-refractivity contribution in [3.05, 3.63) is 35.9 Å². The van der Waals surface area contributed by atoms with Crippen molar-refractivity contribution in [3.8, 4) is 0 Å². The first-order chi connectivity index (χ1) is 13.9. The van der Waals surface area contributed by atoms with Crippen molar-refractivity contribution >= 4 is 23.1 Å². The Hall–Kier alpha value is -3.15. The first-order valence-electron chi connectivity index (χ1n) is 9.00. The molecule has 4 heterocycles. The van der Waals surface area contributed by atoms with Crippen LogP contribution < -0.4 is 16.0 Å². The van der Waals surface area contributed by atoms with Gasteiger partial charge in [0, 0.05) is 38.8 Å². The molecule has 154 valence electrons. The largest absolute Gasteiger partial charge is 0.349 e. The lowest BCUT2D eigenvalue weighted by Crippen LogP contribution is -2.44. The van der Waals surface area contributed by atoms with Crippen LogP contribution in [0.25, 0.3) is 5.52 Å². The Morgan fingerprint density at radius 1 is 1.31 bits per heavy atom. The highest BCUT2D eigenvalue weighted by atomic mass is 19.3. The molecule has 29 heavy (non-hydrogen) atoms. The summed E-state index contributed by atoms with van der Waals surface area (Å²) in [5, 5.41) is 16.4. The molecule has 1 amide bonds. The van der Waals surface area contributed by atoms with Crippen molar-refractivity contribution in [2.45, 2.75) is 25.1 Å². The fourth-order valence-electron chi connectivity index (χ4n) is 3.27. The molecule has 12 heteroatoms. The number of aryl methyl sites for hydroxylation is 1. The van der Waals surface area contributed by atoms with E-state index in [1.165, 1.54) is 34.7 Å². The monoisotopic (exact) mass is 408 g/mol. The zero-order valence-corrected chi connectivity index (χ0v) is 15.4. The van der Waals surface area contributed by atoms with Crippen LogP contribution in [-0.4, -0.2) is 55.6 Å². The van der Waals surface area contributed by atoms with Gasteiger partial charge in [-0.15, -0.1) is 5.10 Å². The fraction of sp³-hybridized carbons (Fsp3) is 0.412. The van der Waals surface area contributed by atoms with Crippen LogP contribution in [0, 0.1) is 0 Å². The van der Waals surface area contributed by atoms with Crippen LogP contribution in [-0.2, 0) is 7.05 Å². The summed E-state index contributed by atoms with van der Waals surface area (Å²) in [6.45, 7) is 0.882. The van der Waals surface area contributed by atoms with Gasteiger partial charge < -0.3 is 16.0 Å². The van der Waals surface area contributed by atoms with Crippen molar-refractivity contribution in [2.75, 3.05) is 23.7 Å². The molecule has 3 aromatic rings. The number of nitrogens with zero attached hydrogens (tertiary/aromatic N) is 5. The number of aromatic nitrogens is 5. The number of anilines is 2. The Kier molecular flexibility index (Phi) is 5.09. The first kappa shape index (κ1) is 19.2. The van der Waals surface area contributed by atoms with Gasteiger partial charge in [-0.3, -0.25) is 9.48 Å². The summed E-state index contributed by atoms with van der Waals surface area (Å²) >= 11 is 0. The van der Waals surface area contributed by atoms with Gasteiger partial charge in [0.05, 0.1) is 17.4 Å². The van der Waals surface area contributed by atoms with Gasteiger partial charge in [-0.05, 0) is 12.1 Å². The molecule has 2 atom stereocenters. The van der Waals surface area contributed by atoms with Gasteiger partial charge in [-0.1, -0.05) is 0 Å². The summed E-state index contributed by atoms with van der Waals surface area (Å²) in [5.74, 6) is -0.383. The van der Waals surface area contributed by atoms with Crippen LogP contribution in [0.5, 0.6) is 0 Å². The summed E-state index contributed by atoms with van der Waals surface area (Å²) in [4.78, 5) is 16.8. The van der Waals surface area contributed by atoms with E-state index in [4.69, 9.17) is 0 Å². The molecule has 0 aromatic carbocycles. The van der Waals surface area contributed by atoms with Crippen LogP contribution in [0.4, 0.5) is 24.8 Å². The summed E-state index contributed by atoms with van der Waals surface area (Å²) in [6, 6.07) is 2.96. The molecule has 9 nitrogen and oxygen atoms in total. The molecule has 1 aliphatic rings. The minimum Gasteiger partial charge on any atom is -0.349 e. The highest BCUT2D eigenvalue weighted by Crippen LogP contribution is 2.25. The number of alkyl halides is 3. The lowest BCUT2D eigenvalue weighted by molar-refractivity contribution is 0.101. The second kappa shape index (κ2) is 7.70. The number of rotatable bonds is 5. The molecule has 0 spiro atoms. The van der Waals surface area contributed by atoms with Gasteiger partial charge in [-0.25, -0.2) is 22.7 Å². The van der Waals surface area contributed by atoms with Gasteiger partial charge >= 0.3 is 0 Å². The molecule has 0 aliphatic carbocycles. The summed E-state index contributed by atoms with van der Waals surface area (Å²) < 4.78 is 42.3. The van der Waals surface area contributed by atoms with Gasteiger partial charge in [0.1, 0.15) is 11.9 Å². The van der Waals surface area contributed by atoms with E-state index in [-0.39, 0.29) is 23.4 Å². The van der Waals surface area contributed by atoms with E-state index in [1.54, 1.807) is 6.07 Å². The minimum absolute atomic E-state index is 0.0721. The first-order valence-corrected chi connectivity index (χ1v) is 9.00. The van der Waals surface area contributed by atoms with E-state index in [0.29, 0.717) is 25.0 Å². The number of carbonyl (C=O) groups excluding carboxylic acids is 1. The average molecular weight is 408 g/mol. The number of hydrogen-bond acceptors (Lipinski definition) is 6. The van der Waals surface area contributed by atoms with Crippen LogP contribution in [0.3, 0.4) is 0 Å². The Bertz CT molecular complexity index is 1030. The number of piperidine rings is 1. The second-order valence-electron chi connectivity index (χ2n) is 6.83. The maximum absolute atomic E-state index is 13.5. The number of hydrogen-bond donors (Lipinski definition) is 3. The molecular weight excluding hydrogens is 389 g/mol. The molecule has 0 bridgehead atoms. The molecule has 3 N–H and O–H groups in total. The molecule has 1 aliphatic heterocycles. The molecule has 1 saturated heterocycles.